The molecule has 0 radical (unpaired) electrons. The summed E-state index contributed by atoms with van der Waals surface area (Å²) in [5, 5.41) is 30.5. The Hall–Kier alpha value is -8.18. The first-order chi connectivity index (χ1) is 38.0. The molecule has 0 atom stereocenters. The summed E-state index contributed by atoms with van der Waals surface area (Å²) in [6, 6.07) is 44.9. The van der Waals surface area contributed by atoms with E-state index in [1.54, 1.807) is 36.4 Å². The first-order valence-electron chi connectivity index (χ1n) is 25.4. The highest BCUT2D eigenvalue weighted by atomic mass is 19.4. The summed E-state index contributed by atoms with van der Waals surface area (Å²) >= 11 is 0. The van der Waals surface area contributed by atoms with Gasteiger partial charge in [-0.25, -0.2) is 0 Å². The third-order valence-corrected chi connectivity index (χ3v) is 13.5. The second-order valence-corrected chi connectivity index (χ2v) is 19.8. The zero-order chi connectivity index (χ0) is 57.5. The molecule has 80 heavy (non-hydrogen) atoms. The number of nitrogens with one attached hydrogen (secondary N) is 4. The number of piperazine rings is 2. The van der Waals surface area contributed by atoms with Gasteiger partial charge in [-0.2, -0.15) is 26.3 Å². The molecular weight excluding hydrogens is 1050 g/mol. The van der Waals surface area contributed by atoms with Gasteiger partial charge in [0.25, 0.3) is 11.8 Å². The number of carbonyl (C=O) groups excluding carboxylic acids is 4. The number of ether oxygens (including phenoxy) is 4. The summed E-state index contributed by atoms with van der Waals surface area (Å²) in [6.45, 7) is 12.3. The van der Waals surface area contributed by atoms with Gasteiger partial charge in [-0.15, -0.1) is 0 Å². The van der Waals surface area contributed by atoms with Gasteiger partial charge in [0.1, 0.15) is 25.0 Å². The lowest BCUT2D eigenvalue weighted by Crippen LogP contribution is -2.55. The van der Waals surface area contributed by atoms with Gasteiger partial charge in [0.05, 0.1) is 40.3 Å². The minimum atomic E-state index is -5.19. The molecule has 4 aliphatic rings. The Morgan fingerprint density at radius 1 is 0.463 bits per heavy atom. The monoisotopic (exact) mass is 1110 g/mol. The van der Waals surface area contributed by atoms with Crippen LogP contribution in [0, 0.1) is 0 Å². The number of nitrogens with zero attached hydrogens (tertiary/aromatic N) is 2. The number of hydrogen-bond donors (Lipinski definition) is 4. The van der Waals surface area contributed by atoms with Crippen LogP contribution in [0.5, 0.6) is 23.0 Å². The fourth-order valence-electron chi connectivity index (χ4n) is 9.13. The van der Waals surface area contributed by atoms with Crippen molar-refractivity contribution in [3.05, 3.63) is 167 Å². The number of rotatable bonds is 12. The summed E-state index contributed by atoms with van der Waals surface area (Å²) in [6.07, 6.45) is -10.4. The second-order valence-electron chi connectivity index (χ2n) is 19.8. The van der Waals surface area contributed by atoms with E-state index in [1.165, 1.54) is 22.3 Å². The first kappa shape index (κ1) is 59.5. The maximum Gasteiger partial charge on any atom is 0.430 e. The number of carbonyl (C=O) groups is 4. The van der Waals surface area contributed by atoms with Gasteiger partial charge < -0.3 is 69.0 Å². The lowest BCUT2D eigenvalue weighted by molar-refractivity contribution is -0.924. The van der Waals surface area contributed by atoms with Gasteiger partial charge >= 0.3 is 12.4 Å². The van der Waals surface area contributed by atoms with Crippen LogP contribution in [-0.2, 0) is 35.8 Å². The van der Waals surface area contributed by atoms with Crippen LogP contribution in [0.4, 0.5) is 26.3 Å². The Bertz CT molecular complexity index is 2920. The molecule has 0 aromatic heterocycles. The molecule has 0 bridgehead atoms. The predicted molar refractivity (Wildman–Crippen MR) is 278 cm³/mol. The van der Waals surface area contributed by atoms with Crippen LogP contribution in [0.3, 0.4) is 0 Å². The molecule has 4 heterocycles. The minimum Gasteiger partial charge on any atom is -0.542 e. The van der Waals surface area contributed by atoms with Crippen LogP contribution < -0.4 is 50.4 Å². The highest BCUT2D eigenvalue weighted by Crippen LogP contribution is 2.34. The molecule has 16 nitrogen and oxygen atoms in total. The Balaban J connectivity index is 0.000000187. The lowest BCUT2D eigenvalue weighted by Gasteiger charge is -2.38. The van der Waals surface area contributed by atoms with Crippen LogP contribution in [-0.4, -0.2) is 125 Å². The quantitative estimate of drug-likeness (QED) is 0.0860. The van der Waals surface area contributed by atoms with Gasteiger partial charge in [-0.05, 0) is 94.0 Å². The molecule has 4 aliphatic heterocycles. The minimum absolute atomic E-state index is 0.131. The Morgan fingerprint density at radius 3 is 1.09 bits per heavy atom. The summed E-state index contributed by atoms with van der Waals surface area (Å²) < 4.78 is 86.6. The number of aliphatic carboxylic acids is 2. The normalized spacial score (nSPS) is 15.5. The van der Waals surface area contributed by atoms with Crippen LogP contribution in [0.2, 0.25) is 0 Å². The van der Waals surface area contributed by atoms with Crippen LogP contribution in [0.1, 0.15) is 43.0 Å². The number of alkyl halides is 6. The van der Waals surface area contributed by atoms with E-state index in [2.05, 4.69) is 108 Å². The zero-order valence-corrected chi connectivity index (χ0v) is 43.8. The van der Waals surface area contributed by atoms with Gasteiger partial charge in [-0.1, -0.05) is 72.8 Å². The average Bonchev–Trinajstić information content (AvgIpc) is 4.13. The summed E-state index contributed by atoms with van der Waals surface area (Å²) in [5.41, 5.74) is 10.7. The van der Waals surface area contributed by atoms with Crippen molar-refractivity contribution in [3.8, 4) is 45.3 Å². The number of quaternary nitrogens is 2. The van der Waals surface area contributed by atoms with E-state index < -0.39 is 24.3 Å². The third kappa shape index (κ3) is 17.4. The van der Waals surface area contributed by atoms with Gasteiger partial charge in [0.15, 0.2) is 23.0 Å². The van der Waals surface area contributed by atoms with Crippen LogP contribution in [0.15, 0.2) is 133 Å². The number of hydrogen-bond acceptors (Lipinski definition) is 12. The van der Waals surface area contributed by atoms with Crippen molar-refractivity contribution in [2.24, 2.45) is 0 Å². The number of benzene rings is 6. The topological polar surface area (TPSA) is 199 Å². The molecule has 6 aromatic rings. The third-order valence-electron chi connectivity index (χ3n) is 13.5. The maximum absolute atomic E-state index is 12.6. The van der Waals surface area contributed by atoms with E-state index in [-0.39, 0.29) is 25.4 Å². The van der Waals surface area contributed by atoms with Crippen LogP contribution >= 0.6 is 0 Å². The van der Waals surface area contributed by atoms with Crippen molar-refractivity contribution in [1.29, 1.82) is 0 Å². The van der Waals surface area contributed by atoms with Crippen molar-refractivity contribution in [3.63, 3.8) is 0 Å². The molecule has 424 valence electrons. The number of carboxylic acids is 2. The average molecular weight is 1120 g/mol. The van der Waals surface area contributed by atoms with E-state index >= 15 is 0 Å². The highest BCUT2D eigenvalue weighted by molar-refractivity contribution is 5.95. The maximum atomic E-state index is 12.6. The Morgan fingerprint density at radius 2 is 0.762 bits per heavy atom. The molecule has 10 rings (SSSR count). The first-order valence-corrected chi connectivity index (χ1v) is 25.4. The zero-order valence-electron chi connectivity index (χ0n) is 43.8. The molecule has 2 fully saturated rings. The van der Waals surface area contributed by atoms with Gasteiger partial charge in [-0.3, -0.25) is 9.59 Å². The predicted octanol–water partition coefficient (Wildman–Crippen LogP) is 5.72. The molecular formula is C58H60F6N6O10. The standard InChI is InChI=1S/2C27H29N3O3.2C2HF3O2/c2*1-30(12-10-28-11-13-30)18-21-5-3-7-23(15-21)22-6-2-4-20(14-22)17-29-27(31)24-8-9-25-26(16-24)33-19-32-25;2*3-2(4,5)1(6)7/h2*2-9,14-16,28H,10-13,17-19H2,1H3;2*(H,6,7). The summed E-state index contributed by atoms with van der Waals surface area (Å²) in [5.74, 6) is -3.70. The summed E-state index contributed by atoms with van der Waals surface area (Å²) in [7, 11) is 4.69. The Labute approximate surface area is 458 Å². The number of likely N-dealkylation sites (N-methyl/N-ethyl adjacent to an activating group) is 2. The second kappa shape index (κ2) is 26.6. The molecule has 4 N–H and O–H groups in total. The van der Waals surface area contributed by atoms with Crippen molar-refractivity contribution in [1.82, 2.24) is 21.3 Å². The smallest absolute Gasteiger partial charge is 0.430 e. The fraction of sp³-hybridized carbons (Fsp3) is 0.310. The van der Waals surface area contributed by atoms with Gasteiger partial charge in [0.2, 0.25) is 13.6 Å². The largest absolute Gasteiger partial charge is 0.542 e. The van der Waals surface area contributed by atoms with Crippen LogP contribution in [0.25, 0.3) is 22.3 Å². The fourth-order valence-corrected chi connectivity index (χ4v) is 9.13. The molecule has 2 saturated heterocycles. The van der Waals surface area contributed by atoms with E-state index in [9.17, 15) is 35.9 Å². The van der Waals surface area contributed by atoms with Crippen molar-refractivity contribution in [2.45, 2.75) is 38.5 Å². The number of halogens is 6. The van der Waals surface area contributed by atoms with E-state index in [0.717, 1.165) is 96.7 Å². The van der Waals surface area contributed by atoms with E-state index in [4.69, 9.17) is 38.7 Å². The number of carboxylic acid groups (broad SMARTS) is 2. The number of amides is 2. The van der Waals surface area contributed by atoms with E-state index in [1.807, 2.05) is 24.3 Å². The SMILES string of the molecule is C[N+]1(Cc2cccc(-c3cccc(CNC(=O)c4ccc5c(c4)OCO5)c3)c2)CCNCC1.C[N+]1(Cc2cccc(-c3cccc(CNC(=O)c4ccc5c(c4)OCO5)c3)c2)CCNCC1.O=C([O-])C(F)(F)F.O=C([O-])C(F)(F)F. The molecule has 22 heteroatoms. The van der Waals surface area contributed by atoms with Crippen molar-refractivity contribution >= 4 is 23.8 Å². The molecule has 0 spiro atoms. The molecule has 2 amide bonds. The van der Waals surface area contributed by atoms with E-state index in [0.29, 0.717) is 47.2 Å². The molecule has 0 unspecified atom stereocenters. The molecule has 6 aromatic carbocycles. The summed E-state index contributed by atoms with van der Waals surface area (Å²) in [4.78, 5) is 42.8. The lowest BCUT2D eigenvalue weighted by atomic mass is 10.0. The molecule has 0 saturated carbocycles. The van der Waals surface area contributed by atoms with Crippen molar-refractivity contribution < 1.29 is 83.6 Å². The highest BCUT2D eigenvalue weighted by Gasteiger charge is 2.30. The molecule has 0 aliphatic carbocycles. The Kier molecular flexibility index (Phi) is 19.8. The van der Waals surface area contributed by atoms with Crippen molar-refractivity contribution in [2.75, 3.05) is 80.0 Å². The number of fused-ring (bicyclic) bond motifs is 2. The van der Waals surface area contributed by atoms with Gasteiger partial charge in [0, 0.05) is 61.5 Å².